The number of hydrogen-bond donors (Lipinski definition) is 7. The topological polar surface area (TPSA) is 225 Å². The van der Waals surface area contributed by atoms with Gasteiger partial charge in [0.2, 0.25) is 0 Å². The normalized spacial score (nSPS) is 23.9. The van der Waals surface area contributed by atoms with E-state index >= 15 is 0 Å². The van der Waals surface area contributed by atoms with Crippen LogP contribution in [0.4, 0.5) is 0 Å². The van der Waals surface area contributed by atoms with E-state index in [-0.39, 0.29) is 47.9 Å². The Kier molecular flexibility index (Phi) is 23.9. The van der Waals surface area contributed by atoms with Crippen molar-refractivity contribution < 1.29 is 49.0 Å². The lowest BCUT2D eigenvalue weighted by atomic mass is 9.92. The van der Waals surface area contributed by atoms with Crippen molar-refractivity contribution in [3.63, 3.8) is 0 Å². The predicted octanol–water partition coefficient (Wildman–Crippen LogP) is 5.90. The summed E-state index contributed by atoms with van der Waals surface area (Å²) in [5, 5.41) is 51.5. The number of hydrogen-bond acceptors (Lipinski definition) is 11. The van der Waals surface area contributed by atoms with E-state index in [4.69, 9.17) is 25.4 Å². The van der Waals surface area contributed by atoms with Crippen LogP contribution < -0.4 is 11.1 Å². The van der Waals surface area contributed by atoms with Crippen LogP contribution in [-0.2, 0) is 28.6 Å². The summed E-state index contributed by atoms with van der Waals surface area (Å²) in [6, 6.07) is 0. The Morgan fingerprint density at radius 2 is 1.57 bits per heavy atom. The molecule has 1 aliphatic carbocycles. The molecule has 2 aliphatic rings. The monoisotopic (exact) mass is 851 g/mol. The van der Waals surface area contributed by atoms with E-state index in [0.717, 1.165) is 57.8 Å². The van der Waals surface area contributed by atoms with Crippen LogP contribution in [0, 0.1) is 23.2 Å². The van der Waals surface area contributed by atoms with Crippen LogP contribution in [0.25, 0.3) is 0 Å². The largest absolute Gasteiger partial charge is 0.510 e. The van der Waals surface area contributed by atoms with E-state index in [1.807, 2.05) is 45.2 Å². The maximum Gasteiger partial charge on any atom is 0.337 e. The van der Waals surface area contributed by atoms with Crippen molar-refractivity contribution >= 4 is 23.6 Å². The van der Waals surface area contributed by atoms with Crippen LogP contribution in [0.5, 0.6) is 0 Å². The number of nitrogens with two attached hydrogens (primary N) is 1. The van der Waals surface area contributed by atoms with Crippen molar-refractivity contribution in [3.05, 3.63) is 108 Å². The van der Waals surface area contributed by atoms with Gasteiger partial charge in [0.25, 0.3) is 5.91 Å². The van der Waals surface area contributed by atoms with Crippen molar-refractivity contribution in [2.45, 2.75) is 123 Å². The average Bonchev–Trinajstić information content (AvgIpc) is 3.54. The number of ether oxygens (including phenoxy) is 3. The maximum atomic E-state index is 12.4. The fourth-order valence-corrected chi connectivity index (χ4v) is 6.58. The van der Waals surface area contributed by atoms with Gasteiger partial charge >= 0.3 is 5.97 Å². The van der Waals surface area contributed by atoms with E-state index in [2.05, 4.69) is 49.5 Å². The van der Waals surface area contributed by atoms with Gasteiger partial charge in [0.05, 0.1) is 13.2 Å². The molecular weight excluding hydrogens is 781 g/mol. The van der Waals surface area contributed by atoms with Crippen molar-refractivity contribution in [1.29, 1.82) is 5.41 Å². The predicted molar refractivity (Wildman–Crippen MR) is 238 cm³/mol. The van der Waals surface area contributed by atoms with Gasteiger partial charge in [-0.1, -0.05) is 106 Å². The molecule has 0 aromatic carbocycles. The molecule has 2 rings (SSSR count). The Morgan fingerprint density at radius 3 is 2.21 bits per heavy atom. The quantitative estimate of drug-likeness (QED) is 0.0115. The number of aliphatic hydroxyl groups excluding tert-OH is 4. The number of carbonyl (C=O) groups excluding carboxylic acids is 3. The first-order valence-corrected chi connectivity index (χ1v) is 21.1. The molecule has 14 heteroatoms. The highest BCUT2D eigenvalue weighted by Gasteiger charge is 2.48. The molecule has 8 N–H and O–H groups in total. The number of esters is 1. The number of allylic oxidation sites excluding steroid dienone is 15. The summed E-state index contributed by atoms with van der Waals surface area (Å²) in [6.45, 7) is 10.6. The lowest BCUT2D eigenvalue weighted by Crippen LogP contribution is -2.61. The van der Waals surface area contributed by atoms with E-state index in [1.54, 1.807) is 42.2 Å². The lowest BCUT2D eigenvalue weighted by molar-refractivity contribution is -0.303. The van der Waals surface area contributed by atoms with Gasteiger partial charge in [-0.25, -0.2) is 4.79 Å². The molecule has 0 saturated carbocycles. The maximum absolute atomic E-state index is 12.4. The first-order valence-electron chi connectivity index (χ1n) is 21.1. The highest BCUT2D eigenvalue weighted by molar-refractivity contribution is 6.04. The van der Waals surface area contributed by atoms with Crippen LogP contribution in [-0.4, -0.2) is 106 Å². The second-order valence-corrected chi connectivity index (χ2v) is 15.8. The molecule has 1 heterocycles. The van der Waals surface area contributed by atoms with Crippen molar-refractivity contribution in [3.8, 4) is 0 Å². The molecule has 1 saturated heterocycles. The molecule has 338 valence electrons. The molecule has 1 aliphatic heterocycles. The van der Waals surface area contributed by atoms with E-state index in [9.17, 15) is 34.8 Å². The molecule has 0 bridgehead atoms. The zero-order valence-corrected chi connectivity index (χ0v) is 36.9. The van der Waals surface area contributed by atoms with E-state index < -0.39 is 48.7 Å². The van der Waals surface area contributed by atoms with Gasteiger partial charge in [-0.2, -0.15) is 0 Å². The molecule has 0 radical (unpaired) electrons. The minimum atomic E-state index is -1.70. The number of nitrogens with zero attached hydrogens (tertiary/aromatic N) is 1. The molecule has 0 aromatic heterocycles. The number of aliphatic hydroxyl groups is 4. The number of carbonyl (C=O) groups is 3. The zero-order valence-electron chi connectivity index (χ0n) is 36.9. The third-order valence-electron chi connectivity index (χ3n) is 10.4. The van der Waals surface area contributed by atoms with Crippen molar-refractivity contribution in [2.75, 3.05) is 20.7 Å². The van der Waals surface area contributed by atoms with Gasteiger partial charge in [-0.05, 0) is 69.8 Å². The highest BCUT2D eigenvalue weighted by Crippen LogP contribution is 2.29. The number of Topliss-reactive ketones (excluding diaryl/α,β-unsaturated/α-hetero) is 1. The summed E-state index contributed by atoms with van der Waals surface area (Å²) in [5.41, 5.74) is 6.68. The zero-order chi connectivity index (χ0) is 45.5. The average molecular weight is 851 g/mol. The van der Waals surface area contributed by atoms with Crippen LogP contribution in [0.15, 0.2) is 108 Å². The minimum absolute atomic E-state index is 0.0385. The Balaban J connectivity index is 2.04. The fraction of sp³-hybridized carbons (Fsp3) is 0.532. The van der Waals surface area contributed by atoms with Gasteiger partial charge in [-0.15, -0.1) is 0 Å². The minimum Gasteiger partial charge on any atom is -0.510 e. The number of unbranched alkanes of at least 4 members (excludes halogenated alkanes) is 2. The number of nitrogens with one attached hydrogen (secondary N) is 2. The Hall–Kier alpha value is -4.86. The summed E-state index contributed by atoms with van der Waals surface area (Å²) in [6.07, 6.45) is 24.5. The summed E-state index contributed by atoms with van der Waals surface area (Å²) in [4.78, 5) is 38.2. The number of guanidine groups is 1. The molecule has 9 atom stereocenters. The Labute approximate surface area is 362 Å². The van der Waals surface area contributed by atoms with Crippen molar-refractivity contribution in [2.24, 2.45) is 23.5 Å². The Bertz CT molecular complexity index is 1720. The summed E-state index contributed by atoms with van der Waals surface area (Å²) in [7, 11) is 2.96. The second kappa shape index (κ2) is 27.9. The summed E-state index contributed by atoms with van der Waals surface area (Å²) in [5.74, 6) is -1.31. The third kappa shape index (κ3) is 18.7. The molecule has 0 spiro atoms. The number of amides is 1. The molecule has 9 unspecified atom stereocenters. The second-order valence-electron chi connectivity index (χ2n) is 15.8. The van der Waals surface area contributed by atoms with Crippen LogP contribution in [0.2, 0.25) is 0 Å². The van der Waals surface area contributed by atoms with Crippen LogP contribution in [0.1, 0.15) is 86.0 Å². The van der Waals surface area contributed by atoms with Crippen molar-refractivity contribution in [1.82, 2.24) is 10.2 Å². The van der Waals surface area contributed by atoms with Gasteiger partial charge in [0, 0.05) is 37.9 Å². The first kappa shape index (κ1) is 52.3. The number of ketones is 1. The molecule has 1 amide bonds. The molecule has 0 aromatic rings. The SMILES string of the molecule is COC(=O)C1OC(OC(/C(C)=C/C(C)CCC/C=C/C(C)C/C=C/CCCN(C)C(=N)N)C(C)/C=C/C=C/C=C/C=C/C=C(\C)C(=O)NC2=C(O)CCC2=O)C(O)C(O)C1O. The van der Waals surface area contributed by atoms with Gasteiger partial charge in [-0.3, -0.25) is 15.0 Å². The van der Waals surface area contributed by atoms with Gasteiger partial charge in [0.15, 0.2) is 24.1 Å². The molecule has 61 heavy (non-hydrogen) atoms. The van der Waals surface area contributed by atoms with E-state index in [1.165, 1.54) is 0 Å². The smallest absolute Gasteiger partial charge is 0.337 e. The highest BCUT2D eigenvalue weighted by atomic mass is 16.7. The van der Waals surface area contributed by atoms with E-state index in [0.29, 0.717) is 11.5 Å². The third-order valence-corrected chi connectivity index (χ3v) is 10.4. The fourth-order valence-electron chi connectivity index (χ4n) is 6.58. The number of rotatable bonds is 24. The Morgan fingerprint density at radius 1 is 0.918 bits per heavy atom. The molecular formula is C47H70N4O10. The molecule has 1 fully saturated rings. The van der Waals surface area contributed by atoms with Gasteiger partial charge < -0.3 is 50.6 Å². The first-order chi connectivity index (χ1) is 29.0. The van der Waals surface area contributed by atoms with Crippen LogP contribution in [0.3, 0.4) is 0 Å². The number of methoxy groups -OCH3 is 1. The van der Waals surface area contributed by atoms with Gasteiger partial charge in [0.1, 0.15) is 29.8 Å². The van der Waals surface area contributed by atoms with Crippen LogP contribution >= 0.6 is 0 Å². The lowest BCUT2D eigenvalue weighted by Gasteiger charge is -2.41. The summed E-state index contributed by atoms with van der Waals surface area (Å²) >= 11 is 0. The molecule has 14 nitrogen and oxygen atoms in total. The standard InChI is InChI=1S/C47H70N4O10/c1-31(22-16-13-14-21-29-51(6)47(48)49)23-17-15-18-24-32(2)30-35(5)42(60-46-41(56)39(54)40(55)43(61-46)45(58)59-7)33(3)25-19-11-9-8-10-12-20-26-34(4)44(57)50-38-36(52)27-28-37(38)53/h8-13,16-17,19-20,23,25-26,30-33,39-43,46,52,54-56H,14-15,18,21-22,24,27-29H2,1-7H3,(H3,48,49)(H,50,57)/b10-8+,11-9+,16-13+,20-12+,23-17+,25-19+,34-26+,35-30+. The summed E-state index contributed by atoms with van der Waals surface area (Å²) < 4.78 is 16.7.